The molecule has 6 nitrogen and oxygen atoms in total. The Kier molecular flexibility index (Phi) is 7.90. The predicted octanol–water partition coefficient (Wildman–Crippen LogP) is 5.22. The van der Waals surface area contributed by atoms with E-state index < -0.39 is 5.92 Å². The monoisotopic (exact) mass is 509 g/mol. The second-order valence-electron chi connectivity index (χ2n) is 8.51. The molecule has 35 heavy (non-hydrogen) atoms. The number of benzene rings is 3. The normalized spacial score (nSPS) is 12.6. The molecule has 0 unspecified atom stereocenters. The summed E-state index contributed by atoms with van der Waals surface area (Å²) in [6.07, 6.45) is 0. The van der Waals surface area contributed by atoms with Crippen LogP contribution in [0.1, 0.15) is 17.0 Å². The number of rotatable bonds is 7. The second-order valence-corrected chi connectivity index (χ2v) is 9.52. The van der Waals surface area contributed by atoms with Gasteiger partial charge in [0.1, 0.15) is 13.2 Å². The van der Waals surface area contributed by atoms with E-state index in [-0.39, 0.29) is 18.3 Å². The molecule has 8 heteroatoms. The smallest absolute Gasteiger partial charge is 0.240 e. The minimum atomic E-state index is -0.420. The van der Waals surface area contributed by atoms with Crippen molar-refractivity contribution in [1.29, 1.82) is 0 Å². The number of carbonyl (C=O) groups is 1. The van der Waals surface area contributed by atoms with Gasteiger partial charge in [-0.25, -0.2) is 4.98 Å². The van der Waals surface area contributed by atoms with Crippen LogP contribution in [-0.2, 0) is 4.79 Å². The molecule has 2 heterocycles. The van der Waals surface area contributed by atoms with Crippen LogP contribution in [0.5, 0.6) is 11.5 Å². The summed E-state index contributed by atoms with van der Waals surface area (Å²) in [6.45, 7) is 2.32. The van der Waals surface area contributed by atoms with Crippen molar-refractivity contribution in [3.63, 3.8) is 0 Å². The SMILES string of the molecule is CN(C)CCN(C(=O)C(c1ccccc1)c1ccccc1)c1nc2cc3c(cc2s1)OCCO3.Cl. The summed E-state index contributed by atoms with van der Waals surface area (Å²) in [5.41, 5.74) is 2.74. The van der Waals surface area contributed by atoms with E-state index in [9.17, 15) is 4.79 Å². The summed E-state index contributed by atoms with van der Waals surface area (Å²) in [5, 5.41) is 0.682. The van der Waals surface area contributed by atoms with Crippen LogP contribution in [-0.4, -0.2) is 56.2 Å². The Morgan fingerprint density at radius 1 is 0.914 bits per heavy atom. The Morgan fingerprint density at radius 2 is 1.49 bits per heavy atom. The van der Waals surface area contributed by atoms with Gasteiger partial charge in [0, 0.05) is 25.2 Å². The summed E-state index contributed by atoms with van der Waals surface area (Å²) in [4.78, 5) is 23.0. The highest BCUT2D eigenvalue weighted by Gasteiger charge is 2.30. The maximum absolute atomic E-state index is 14.2. The molecule has 0 fully saturated rings. The van der Waals surface area contributed by atoms with Crippen molar-refractivity contribution in [1.82, 2.24) is 9.88 Å². The van der Waals surface area contributed by atoms with E-state index in [1.807, 2.05) is 91.8 Å². The van der Waals surface area contributed by atoms with E-state index in [2.05, 4.69) is 4.90 Å². The minimum absolute atomic E-state index is 0. The molecule has 1 aliphatic heterocycles. The minimum Gasteiger partial charge on any atom is -0.486 e. The summed E-state index contributed by atoms with van der Waals surface area (Å²) < 4.78 is 12.5. The molecule has 0 radical (unpaired) electrons. The van der Waals surface area contributed by atoms with Crippen molar-refractivity contribution in [3.8, 4) is 11.5 Å². The Labute approximate surface area is 215 Å². The molecule has 0 atom stereocenters. The van der Waals surface area contributed by atoms with Gasteiger partial charge in [-0.2, -0.15) is 0 Å². The van der Waals surface area contributed by atoms with Gasteiger partial charge >= 0.3 is 0 Å². The largest absolute Gasteiger partial charge is 0.486 e. The van der Waals surface area contributed by atoms with Crippen LogP contribution < -0.4 is 14.4 Å². The molecule has 5 rings (SSSR count). The summed E-state index contributed by atoms with van der Waals surface area (Å²) in [5.74, 6) is 1.02. The molecule has 0 saturated carbocycles. The highest BCUT2D eigenvalue weighted by molar-refractivity contribution is 7.22. The highest BCUT2D eigenvalue weighted by Crippen LogP contribution is 2.39. The van der Waals surface area contributed by atoms with Crippen molar-refractivity contribution in [3.05, 3.63) is 83.9 Å². The topological polar surface area (TPSA) is 54.9 Å². The Balaban J connectivity index is 0.00000289. The number of carbonyl (C=O) groups excluding carboxylic acids is 1. The van der Waals surface area contributed by atoms with E-state index in [0.29, 0.717) is 30.6 Å². The number of nitrogens with zero attached hydrogens (tertiary/aromatic N) is 3. The average molecular weight is 510 g/mol. The maximum Gasteiger partial charge on any atom is 0.240 e. The fourth-order valence-electron chi connectivity index (χ4n) is 4.09. The first-order valence-electron chi connectivity index (χ1n) is 11.4. The number of ether oxygens (including phenoxy) is 2. The predicted molar refractivity (Wildman–Crippen MR) is 143 cm³/mol. The molecule has 0 saturated heterocycles. The third-order valence-corrected chi connectivity index (χ3v) is 6.86. The second kappa shape index (κ2) is 11.1. The zero-order valence-corrected chi connectivity index (χ0v) is 21.3. The quantitative estimate of drug-likeness (QED) is 0.342. The number of aromatic nitrogens is 1. The third kappa shape index (κ3) is 5.42. The van der Waals surface area contributed by atoms with E-state index in [1.54, 1.807) is 0 Å². The van der Waals surface area contributed by atoms with Crippen molar-refractivity contribution in [2.75, 3.05) is 45.3 Å². The summed E-state index contributed by atoms with van der Waals surface area (Å²) in [7, 11) is 4.02. The molecule has 3 aromatic carbocycles. The standard InChI is InChI=1S/C27H27N3O3S.ClH/c1-29(2)13-14-30(27-28-21-17-22-23(18-24(21)34-27)33-16-15-32-22)26(31)25(19-9-5-3-6-10-19)20-11-7-4-8-12-20;/h3-12,17-18,25H,13-16H2,1-2H3;1H. The molecule has 0 aliphatic carbocycles. The van der Waals surface area contributed by atoms with E-state index in [1.165, 1.54) is 11.3 Å². The van der Waals surface area contributed by atoms with Crippen LogP contribution in [0, 0.1) is 0 Å². The molecule has 1 amide bonds. The lowest BCUT2D eigenvalue weighted by Gasteiger charge is -2.27. The maximum atomic E-state index is 14.2. The Bertz CT molecular complexity index is 1200. The lowest BCUT2D eigenvalue weighted by molar-refractivity contribution is -0.119. The number of thiazole rings is 1. The van der Waals surface area contributed by atoms with E-state index >= 15 is 0 Å². The van der Waals surface area contributed by atoms with Crippen LogP contribution >= 0.6 is 23.7 Å². The van der Waals surface area contributed by atoms with Gasteiger partial charge in [-0.3, -0.25) is 9.69 Å². The number of likely N-dealkylation sites (N-methyl/N-ethyl adjacent to an activating group) is 1. The fourth-order valence-corrected chi connectivity index (χ4v) is 5.10. The lowest BCUT2D eigenvalue weighted by Crippen LogP contribution is -2.40. The number of hydrogen-bond donors (Lipinski definition) is 0. The van der Waals surface area contributed by atoms with Gasteiger partial charge in [0.05, 0.1) is 16.1 Å². The molecular weight excluding hydrogens is 482 g/mol. The van der Waals surface area contributed by atoms with Gasteiger partial charge in [0.25, 0.3) is 0 Å². The van der Waals surface area contributed by atoms with Gasteiger partial charge in [0.2, 0.25) is 5.91 Å². The molecule has 1 aromatic heterocycles. The van der Waals surface area contributed by atoms with Crippen LogP contribution in [0.25, 0.3) is 10.2 Å². The first-order chi connectivity index (χ1) is 16.6. The van der Waals surface area contributed by atoms with E-state index in [0.717, 1.165) is 33.6 Å². The molecule has 0 bridgehead atoms. The van der Waals surface area contributed by atoms with Crippen molar-refractivity contribution in [2.45, 2.75) is 5.92 Å². The number of halogens is 1. The number of anilines is 1. The first-order valence-corrected chi connectivity index (χ1v) is 12.2. The zero-order chi connectivity index (χ0) is 23.5. The number of hydrogen-bond acceptors (Lipinski definition) is 6. The number of amides is 1. The van der Waals surface area contributed by atoms with Gasteiger partial charge in [0.15, 0.2) is 16.6 Å². The van der Waals surface area contributed by atoms with Crippen LogP contribution in [0.4, 0.5) is 5.13 Å². The summed E-state index contributed by atoms with van der Waals surface area (Å²) in [6, 6.07) is 23.8. The summed E-state index contributed by atoms with van der Waals surface area (Å²) >= 11 is 1.51. The van der Waals surface area contributed by atoms with Crippen LogP contribution in [0.2, 0.25) is 0 Å². The average Bonchev–Trinajstić information content (AvgIpc) is 3.26. The number of fused-ring (bicyclic) bond motifs is 2. The molecule has 1 aliphatic rings. The van der Waals surface area contributed by atoms with Gasteiger partial charge in [-0.05, 0) is 25.2 Å². The lowest BCUT2D eigenvalue weighted by atomic mass is 9.90. The van der Waals surface area contributed by atoms with Crippen LogP contribution in [0.3, 0.4) is 0 Å². The van der Waals surface area contributed by atoms with Gasteiger partial charge in [-0.15, -0.1) is 12.4 Å². The first kappa shape index (κ1) is 25.0. The van der Waals surface area contributed by atoms with E-state index in [4.69, 9.17) is 14.5 Å². The third-order valence-electron chi connectivity index (χ3n) is 5.82. The van der Waals surface area contributed by atoms with Crippen molar-refractivity contribution in [2.24, 2.45) is 0 Å². The van der Waals surface area contributed by atoms with Crippen molar-refractivity contribution >= 4 is 45.0 Å². The fraction of sp³-hybridized carbons (Fsp3) is 0.259. The van der Waals surface area contributed by atoms with Crippen molar-refractivity contribution < 1.29 is 14.3 Å². The molecule has 0 spiro atoms. The molecule has 4 aromatic rings. The zero-order valence-electron chi connectivity index (χ0n) is 19.7. The van der Waals surface area contributed by atoms with Gasteiger partial charge < -0.3 is 14.4 Å². The van der Waals surface area contributed by atoms with Gasteiger partial charge in [-0.1, -0.05) is 72.0 Å². The molecule has 0 N–H and O–H groups in total. The molecule has 182 valence electrons. The Morgan fingerprint density at radius 3 is 2.06 bits per heavy atom. The molecular formula is C27H28ClN3O3S. The van der Waals surface area contributed by atoms with Crippen LogP contribution in [0.15, 0.2) is 72.8 Å². The highest BCUT2D eigenvalue weighted by atomic mass is 35.5. The Hall–Kier alpha value is -3.13.